The van der Waals surface area contributed by atoms with Gasteiger partial charge in [-0.05, 0) is 227 Å². The van der Waals surface area contributed by atoms with E-state index in [4.69, 9.17) is 29.9 Å². The van der Waals surface area contributed by atoms with E-state index in [9.17, 15) is 0 Å². The Hall–Kier alpha value is -3.38. The van der Waals surface area contributed by atoms with E-state index in [2.05, 4.69) is 202 Å². The average Bonchev–Trinajstić information content (AvgIpc) is 0.841. The van der Waals surface area contributed by atoms with Crippen LogP contribution in [0.3, 0.4) is 0 Å². The number of nitrogens with zero attached hydrogens (tertiary/aromatic N) is 11. The SMILES string of the molecule is CCCCCCCCCCCCN(CCCNc1nc(N(CCCC)C2CC(C)(C)NC(C)(C)C2)nc(N(CCCC)C2CC(C)(C)NC(C)(C)C2)n1)CCCNc1nc(N(CCCC)C2CC(C)(C)NC(C)(C)C2)nc(N(CCCC)C2CC(C)(C)NC(C)(C)C2)n1. The van der Waals surface area contributed by atoms with Crippen LogP contribution in [-0.2, 0) is 0 Å². The lowest BCUT2D eigenvalue weighted by Crippen LogP contribution is -2.63. The van der Waals surface area contributed by atoms with Gasteiger partial charge in [0.25, 0.3) is 0 Å². The molecule has 0 atom stereocenters. The molecule has 536 valence electrons. The average molecular weight is 1300 g/mol. The molecule has 2 aromatic rings. The van der Waals surface area contributed by atoms with Gasteiger partial charge in [0.05, 0.1) is 0 Å². The van der Waals surface area contributed by atoms with Crippen LogP contribution >= 0.6 is 0 Å². The summed E-state index contributed by atoms with van der Waals surface area (Å²) >= 11 is 0. The summed E-state index contributed by atoms with van der Waals surface area (Å²) in [6, 6.07) is 1.20. The topological polar surface area (TPSA) is 166 Å². The molecule has 0 unspecified atom stereocenters. The summed E-state index contributed by atoms with van der Waals surface area (Å²) in [5, 5.41) is 23.6. The van der Waals surface area contributed by atoms with Gasteiger partial charge in [0.15, 0.2) is 0 Å². The van der Waals surface area contributed by atoms with Gasteiger partial charge in [0.2, 0.25) is 35.7 Å². The fraction of sp³-hybridized carbons (Fsp3) is 0.921. The molecule has 0 aliphatic carbocycles. The first-order valence-corrected chi connectivity index (χ1v) is 38.7. The van der Waals surface area contributed by atoms with Crippen LogP contribution in [0, 0.1) is 0 Å². The highest BCUT2D eigenvalue weighted by Gasteiger charge is 2.45. The third kappa shape index (κ3) is 26.4. The van der Waals surface area contributed by atoms with Crippen LogP contribution < -0.4 is 51.5 Å². The molecule has 6 heterocycles. The van der Waals surface area contributed by atoms with E-state index in [0.29, 0.717) is 36.1 Å². The second kappa shape index (κ2) is 35.4. The van der Waals surface area contributed by atoms with Crippen molar-refractivity contribution in [1.82, 2.24) is 56.1 Å². The van der Waals surface area contributed by atoms with E-state index in [1.54, 1.807) is 0 Å². The van der Waals surface area contributed by atoms with Gasteiger partial charge in [-0.3, -0.25) is 0 Å². The Morgan fingerprint density at radius 3 is 0.731 bits per heavy atom. The summed E-state index contributed by atoms with van der Waals surface area (Å²) in [7, 11) is 0. The minimum Gasteiger partial charge on any atom is -0.354 e. The van der Waals surface area contributed by atoms with E-state index >= 15 is 0 Å². The van der Waals surface area contributed by atoms with Crippen LogP contribution in [0.5, 0.6) is 0 Å². The predicted octanol–water partition coefficient (Wildman–Crippen LogP) is 16.2. The standard InChI is InChI=1S/C76H147N17/c1-22-27-32-33-34-35-36-37-38-39-44-89(45-40-42-77-63-79-65(90(47-28-23-2)59-51-69(6,7)85-70(8,9)52-59)83-66(80-63)91(48-29-24-3)60-53-71(10,11)86-72(12,13)54-60)46-41-43-78-64-81-67(92(49-30-25-4)61-55-73(14,15)87-74(16,17)56-61)84-68(82-64)93(50-31-26-5)62-57-75(18,19)88-76(20,21)58-62/h59-62,85-88H,22-58H2,1-21H3,(H,77,79,80,83)(H,78,81,82,84). The van der Waals surface area contributed by atoms with Crippen LogP contribution in [0.15, 0.2) is 0 Å². The van der Waals surface area contributed by atoms with Crippen molar-refractivity contribution in [2.75, 3.05) is 89.1 Å². The van der Waals surface area contributed by atoms with Crippen molar-refractivity contribution in [3.63, 3.8) is 0 Å². The quantitative estimate of drug-likeness (QED) is 0.0348. The number of anilines is 6. The van der Waals surface area contributed by atoms with E-state index in [1.165, 1.54) is 64.2 Å². The Balaban J connectivity index is 1.28. The molecule has 4 saturated heterocycles. The molecular weight excluding hydrogens is 1150 g/mol. The molecule has 0 amide bonds. The Morgan fingerprint density at radius 2 is 0.495 bits per heavy atom. The monoisotopic (exact) mass is 1300 g/mol. The molecule has 93 heavy (non-hydrogen) atoms. The molecule has 17 heteroatoms. The van der Waals surface area contributed by atoms with Gasteiger partial charge in [0, 0.05) is 108 Å². The maximum absolute atomic E-state index is 5.60. The lowest BCUT2D eigenvalue weighted by molar-refractivity contribution is 0.156. The first kappa shape index (κ1) is 78.6. The highest BCUT2D eigenvalue weighted by molar-refractivity contribution is 5.49. The van der Waals surface area contributed by atoms with Crippen molar-refractivity contribution >= 4 is 35.7 Å². The zero-order chi connectivity index (χ0) is 68.3. The Labute approximate surface area is 571 Å². The molecule has 4 fully saturated rings. The van der Waals surface area contributed by atoms with Crippen LogP contribution in [0.25, 0.3) is 0 Å². The number of unbranched alkanes of at least 4 members (excludes halogenated alkanes) is 13. The van der Waals surface area contributed by atoms with Crippen molar-refractivity contribution in [2.24, 2.45) is 0 Å². The van der Waals surface area contributed by atoms with E-state index < -0.39 is 0 Å². The Bertz CT molecular complexity index is 2120. The van der Waals surface area contributed by atoms with Gasteiger partial charge in [-0.15, -0.1) is 0 Å². The highest BCUT2D eigenvalue weighted by Crippen LogP contribution is 2.39. The molecule has 0 bridgehead atoms. The zero-order valence-corrected chi connectivity index (χ0v) is 64.4. The predicted molar refractivity (Wildman–Crippen MR) is 400 cm³/mol. The molecule has 0 spiro atoms. The third-order valence-electron chi connectivity index (χ3n) is 20.4. The van der Waals surface area contributed by atoms with Crippen molar-refractivity contribution in [3.8, 4) is 0 Å². The first-order chi connectivity index (χ1) is 43.7. The maximum Gasteiger partial charge on any atom is 0.232 e. The van der Waals surface area contributed by atoms with Crippen molar-refractivity contribution in [3.05, 3.63) is 0 Å². The summed E-state index contributed by atoms with van der Waals surface area (Å²) in [4.78, 5) is 46.1. The molecule has 17 nitrogen and oxygen atoms in total. The van der Waals surface area contributed by atoms with Gasteiger partial charge in [-0.2, -0.15) is 29.9 Å². The second-order valence-electron chi connectivity index (χ2n) is 35.1. The summed E-state index contributed by atoms with van der Waals surface area (Å²) < 4.78 is 0. The lowest BCUT2D eigenvalue weighted by Gasteiger charge is -2.50. The van der Waals surface area contributed by atoms with Gasteiger partial charge in [0.1, 0.15) is 0 Å². The van der Waals surface area contributed by atoms with E-state index in [1.807, 2.05) is 0 Å². The number of piperidine rings is 4. The van der Waals surface area contributed by atoms with Crippen LogP contribution in [0.2, 0.25) is 0 Å². The number of hydrogen-bond donors (Lipinski definition) is 6. The van der Waals surface area contributed by atoms with Crippen LogP contribution in [0.4, 0.5) is 35.7 Å². The molecular formula is C76H147N17. The fourth-order valence-electron chi connectivity index (χ4n) is 17.6. The van der Waals surface area contributed by atoms with Gasteiger partial charge in [-0.1, -0.05) is 118 Å². The smallest absolute Gasteiger partial charge is 0.232 e. The number of aromatic nitrogens is 6. The first-order valence-electron chi connectivity index (χ1n) is 38.7. The van der Waals surface area contributed by atoms with Crippen molar-refractivity contribution < 1.29 is 0 Å². The van der Waals surface area contributed by atoms with E-state index in [0.717, 1.165) is 198 Å². The van der Waals surface area contributed by atoms with Crippen LogP contribution in [0.1, 0.15) is 325 Å². The molecule has 6 N–H and O–H groups in total. The minimum atomic E-state index is -0.0150. The second-order valence-corrected chi connectivity index (χ2v) is 35.1. The minimum absolute atomic E-state index is 0.0150. The van der Waals surface area contributed by atoms with Crippen LogP contribution in [-0.4, -0.2) is 162 Å². The molecule has 0 radical (unpaired) electrons. The largest absolute Gasteiger partial charge is 0.354 e. The van der Waals surface area contributed by atoms with Crippen molar-refractivity contribution in [2.45, 2.75) is 394 Å². The molecule has 4 aliphatic rings. The van der Waals surface area contributed by atoms with Gasteiger partial charge >= 0.3 is 0 Å². The molecule has 2 aromatic heterocycles. The molecule has 6 rings (SSSR count). The molecule has 0 aromatic carbocycles. The Kier molecular flexibility index (Phi) is 29.9. The van der Waals surface area contributed by atoms with Gasteiger partial charge < -0.3 is 56.4 Å². The summed E-state index contributed by atoms with van der Waals surface area (Å²) in [6.07, 6.45) is 32.5. The zero-order valence-electron chi connectivity index (χ0n) is 64.4. The fourth-order valence-corrected chi connectivity index (χ4v) is 17.6. The molecule has 0 saturated carbocycles. The Morgan fingerprint density at radius 1 is 0.280 bits per heavy atom. The number of hydrogen-bond acceptors (Lipinski definition) is 17. The van der Waals surface area contributed by atoms with E-state index in [-0.39, 0.29) is 44.3 Å². The normalized spacial score (nSPS) is 21.0. The summed E-state index contributed by atoms with van der Waals surface area (Å²) in [5.41, 5.74) is -0.120. The highest BCUT2D eigenvalue weighted by atomic mass is 15.4. The lowest BCUT2D eigenvalue weighted by atomic mass is 9.79. The van der Waals surface area contributed by atoms with Gasteiger partial charge in [-0.25, -0.2) is 0 Å². The maximum atomic E-state index is 5.60. The number of rotatable bonds is 41. The third-order valence-corrected chi connectivity index (χ3v) is 20.4. The molecule has 4 aliphatic heterocycles. The summed E-state index contributed by atoms with van der Waals surface area (Å²) in [6.45, 7) is 57.8. The van der Waals surface area contributed by atoms with Crippen molar-refractivity contribution in [1.29, 1.82) is 0 Å². The number of nitrogens with one attached hydrogen (secondary N) is 6. The summed E-state index contributed by atoms with van der Waals surface area (Å²) in [5.74, 6) is 4.74.